The number of benzene rings is 2. The number of ether oxygens (including phenoxy) is 1. The third kappa shape index (κ3) is 5.38. The Morgan fingerprint density at radius 3 is 2.65 bits per heavy atom. The van der Waals surface area contributed by atoms with Crippen LogP contribution in [0.25, 0.3) is 10.9 Å². The second-order valence-electron chi connectivity index (χ2n) is 9.44. The van der Waals surface area contributed by atoms with E-state index in [-0.39, 0.29) is 5.56 Å². The fraction of sp³-hybridized carbons (Fsp3) is 0.167. The molecule has 6 rings (SSSR count). The first-order valence-electron chi connectivity index (χ1n) is 12.8. The maximum absolute atomic E-state index is 13.7. The van der Waals surface area contributed by atoms with Crippen molar-refractivity contribution in [3.63, 3.8) is 0 Å². The number of pyridine rings is 2. The van der Waals surface area contributed by atoms with Crippen molar-refractivity contribution in [3.8, 4) is 5.75 Å². The van der Waals surface area contributed by atoms with E-state index in [4.69, 9.17) is 9.15 Å². The van der Waals surface area contributed by atoms with Gasteiger partial charge in [0.1, 0.15) is 17.6 Å². The lowest BCUT2D eigenvalue weighted by Gasteiger charge is -2.30. The quantitative estimate of drug-likeness (QED) is 0.276. The van der Waals surface area contributed by atoms with E-state index in [2.05, 4.69) is 30.4 Å². The first-order chi connectivity index (χ1) is 19.7. The minimum Gasteiger partial charge on any atom is -0.497 e. The van der Waals surface area contributed by atoms with Crippen LogP contribution in [0.15, 0.2) is 107 Å². The summed E-state index contributed by atoms with van der Waals surface area (Å²) < 4.78 is 12.9. The van der Waals surface area contributed by atoms with Crippen LogP contribution in [0, 0.1) is 0 Å². The van der Waals surface area contributed by atoms with Crippen molar-refractivity contribution in [1.29, 1.82) is 0 Å². The van der Waals surface area contributed by atoms with Crippen molar-refractivity contribution >= 4 is 10.9 Å². The molecule has 4 heterocycles. The lowest BCUT2D eigenvalue weighted by molar-refractivity contribution is 0.179. The van der Waals surface area contributed by atoms with E-state index in [1.165, 1.54) is 0 Å². The van der Waals surface area contributed by atoms with E-state index in [9.17, 15) is 4.79 Å². The predicted octanol–water partition coefficient (Wildman–Crippen LogP) is 4.35. The van der Waals surface area contributed by atoms with Gasteiger partial charge in [0.15, 0.2) is 5.82 Å². The molecule has 1 atom stereocenters. The number of nitrogens with one attached hydrogen (secondary N) is 1. The van der Waals surface area contributed by atoms with Gasteiger partial charge in [0, 0.05) is 35.4 Å². The Hall–Kier alpha value is -5.09. The van der Waals surface area contributed by atoms with Gasteiger partial charge in [0.25, 0.3) is 5.56 Å². The summed E-state index contributed by atoms with van der Waals surface area (Å²) in [5, 5.41) is 13.7. The molecule has 0 fully saturated rings. The first-order valence-corrected chi connectivity index (χ1v) is 12.8. The van der Waals surface area contributed by atoms with Gasteiger partial charge in [-0.25, -0.2) is 4.68 Å². The van der Waals surface area contributed by atoms with Gasteiger partial charge in [0.2, 0.25) is 0 Å². The summed E-state index contributed by atoms with van der Waals surface area (Å²) in [6.07, 6.45) is 5.19. The lowest BCUT2D eigenvalue weighted by atomic mass is 10.0. The van der Waals surface area contributed by atoms with Crippen LogP contribution in [-0.4, -0.2) is 42.2 Å². The van der Waals surface area contributed by atoms with Gasteiger partial charge in [-0.1, -0.05) is 36.4 Å². The highest BCUT2D eigenvalue weighted by Gasteiger charge is 2.31. The highest BCUT2D eigenvalue weighted by Crippen LogP contribution is 2.31. The van der Waals surface area contributed by atoms with Crippen LogP contribution in [0.2, 0.25) is 0 Å². The molecular formula is C30H27N7O3. The van der Waals surface area contributed by atoms with Gasteiger partial charge in [-0.05, 0) is 64.0 Å². The molecule has 0 unspecified atom stereocenters. The smallest absolute Gasteiger partial charge is 0.253 e. The summed E-state index contributed by atoms with van der Waals surface area (Å²) in [6.45, 7) is 1.31. The molecule has 1 N–H and O–H groups in total. The Balaban J connectivity index is 1.53. The summed E-state index contributed by atoms with van der Waals surface area (Å²) in [4.78, 5) is 23.2. The van der Waals surface area contributed by atoms with E-state index in [1.807, 2.05) is 85.1 Å². The van der Waals surface area contributed by atoms with Crippen LogP contribution in [0.3, 0.4) is 0 Å². The number of fused-ring (bicyclic) bond motifs is 1. The van der Waals surface area contributed by atoms with Crippen molar-refractivity contribution < 1.29 is 9.15 Å². The molecule has 10 nitrogen and oxygen atoms in total. The van der Waals surface area contributed by atoms with E-state index >= 15 is 0 Å². The molecule has 4 aromatic heterocycles. The number of methoxy groups -OCH3 is 1. The van der Waals surface area contributed by atoms with Crippen molar-refractivity contribution in [2.75, 3.05) is 7.11 Å². The summed E-state index contributed by atoms with van der Waals surface area (Å²) in [6, 6.07) is 24.4. The Morgan fingerprint density at radius 1 is 1.00 bits per heavy atom. The van der Waals surface area contributed by atoms with E-state index in [1.54, 1.807) is 24.3 Å². The maximum atomic E-state index is 13.7. The Labute approximate surface area is 229 Å². The number of aromatic nitrogens is 6. The fourth-order valence-corrected chi connectivity index (χ4v) is 4.87. The minimum absolute atomic E-state index is 0.229. The zero-order valence-corrected chi connectivity index (χ0v) is 21.8. The molecule has 40 heavy (non-hydrogen) atoms. The van der Waals surface area contributed by atoms with Crippen molar-refractivity contribution in [2.45, 2.75) is 25.7 Å². The van der Waals surface area contributed by atoms with Gasteiger partial charge in [-0.2, -0.15) is 0 Å². The average molecular weight is 534 g/mol. The molecule has 0 bridgehead atoms. The number of H-pyrrole nitrogens is 1. The average Bonchev–Trinajstić information content (AvgIpc) is 3.67. The third-order valence-corrected chi connectivity index (χ3v) is 6.77. The topological polar surface area (TPSA) is 115 Å². The summed E-state index contributed by atoms with van der Waals surface area (Å²) in [5.41, 5.74) is 2.99. The number of furan rings is 1. The fourth-order valence-electron chi connectivity index (χ4n) is 4.87. The molecule has 200 valence electrons. The number of tetrazole rings is 1. The summed E-state index contributed by atoms with van der Waals surface area (Å²) in [7, 11) is 1.62. The third-order valence-electron chi connectivity index (χ3n) is 6.77. The second-order valence-corrected chi connectivity index (χ2v) is 9.44. The molecule has 0 aliphatic heterocycles. The van der Waals surface area contributed by atoms with Crippen LogP contribution in [0.4, 0.5) is 0 Å². The van der Waals surface area contributed by atoms with Crippen LogP contribution in [-0.2, 0) is 19.6 Å². The molecule has 6 aromatic rings. The zero-order chi connectivity index (χ0) is 27.3. The van der Waals surface area contributed by atoms with E-state index in [0.717, 1.165) is 22.3 Å². The number of hydrogen-bond acceptors (Lipinski definition) is 8. The normalized spacial score (nSPS) is 12.2. The molecule has 2 aromatic carbocycles. The predicted molar refractivity (Wildman–Crippen MR) is 149 cm³/mol. The molecule has 0 spiro atoms. The van der Waals surface area contributed by atoms with Crippen molar-refractivity contribution in [3.05, 3.63) is 136 Å². The standard InChI is InChI=1S/C30H27N7O3/c1-39-24-11-12-27-23(15-24)16-26(30(38)32-27)28(29-33-34-35-37(29)19-21-7-3-2-4-8-21)36(20-25-10-6-14-40-25)18-22-9-5-13-31-17-22/h2-17,28H,18-20H2,1H3,(H,32,38)/t28-/m1/s1. The lowest BCUT2D eigenvalue weighted by Crippen LogP contribution is -2.35. The highest BCUT2D eigenvalue weighted by molar-refractivity contribution is 5.80. The SMILES string of the molecule is COc1ccc2[nH]c(=O)c([C@H](c3nnnn3Cc3ccccc3)N(Cc3cccnc3)Cc3ccco3)cc2c1. The monoisotopic (exact) mass is 533 g/mol. The van der Waals surface area contributed by atoms with E-state index < -0.39 is 6.04 Å². The van der Waals surface area contributed by atoms with Crippen LogP contribution >= 0.6 is 0 Å². The molecule has 0 amide bonds. The molecule has 0 saturated heterocycles. The van der Waals surface area contributed by atoms with Crippen LogP contribution in [0.5, 0.6) is 5.75 Å². The number of aromatic amines is 1. The second kappa shape index (κ2) is 11.3. The minimum atomic E-state index is -0.622. The van der Waals surface area contributed by atoms with Gasteiger partial charge < -0.3 is 14.1 Å². The van der Waals surface area contributed by atoms with Crippen LogP contribution < -0.4 is 10.3 Å². The van der Waals surface area contributed by atoms with Gasteiger partial charge in [0.05, 0.1) is 26.5 Å². The van der Waals surface area contributed by atoms with Gasteiger partial charge >= 0.3 is 0 Å². The number of rotatable bonds is 10. The molecular weight excluding hydrogens is 506 g/mol. The Morgan fingerprint density at radius 2 is 1.88 bits per heavy atom. The largest absolute Gasteiger partial charge is 0.497 e. The molecule has 0 radical (unpaired) electrons. The Bertz CT molecular complexity index is 1750. The van der Waals surface area contributed by atoms with E-state index in [0.29, 0.717) is 42.3 Å². The number of nitrogens with zero attached hydrogens (tertiary/aromatic N) is 6. The summed E-state index contributed by atoms with van der Waals surface area (Å²) in [5.74, 6) is 1.97. The van der Waals surface area contributed by atoms with Crippen LogP contribution in [0.1, 0.15) is 34.3 Å². The molecule has 10 heteroatoms. The number of hydrogen-bond donors (Lipinski definition) is 1. The maximum Gasteiger partial charge on any atom is 0.253 e. The zero-order valence-electron chi connectivity index (χ0n) is 21.8. The first kappa shape index (κ1) is 25.2. The van der Waals surface area contributed by atoms with Gasteiger partial charge in [-0.15, -0.1) is 5.10 Å². The highest BCUT2D eigenvalue weighted by atomic mass is 16.5. The molecule has 0 saturated carbocycles. The molecule has 0 aliphatic rings. The Kier molecular flexibility index (Phi) is 7.14. The van der Waals surface area contributed by atoms with Crippen molar-refractivity contribution in [2.24, 2.45) is 0 Å². The summed E-state index contributed by atoms with van der Waals surface area (Å²) >= 11 is 0. The van der Waals surface area contributed by atoms with Crippen molar-refractivity contribution in [1.82, 2.24) is 35.1 Å². The molecule has 0 aliphatic carbocycles. The van der Waals surface area contributed by atoms with Gasteiger partial charge in [-0.3, -0.25) is 14.7 Å².